The number of benzene rings is 3. The third-order valence-corrected chi connectivity index (χ3v) is 5.63. The molecule has 0 unspecified atom stereocenters. The van der Waals surface area contributed by atoms with Crippen LogP contribution in [0.2, 0.25) is 0 Å². The monoisotopic (exact) mass is 422 g/mol. The van der Waals surface area contributed by atoms with Gasteiger partial charge in [-0.3, -0.25) is 9.11 Å². The van der Waals surface area contributed by atoms with Gasteiger partial charge in [0.15, 0.2) is 0 Å². The van der Waals surface area contributed by atoms with E-state index in [2.05, 4.69) is 10.2 Å². The molecule has 28 heavy (non-hydrogen) atoms. The van der Waals surface area contributed by atoms with Gasteiger partial charge in [0.2, 0.25) is 0 Å². The van der Waals surface area contributed by atoms with Gasteiger partial charge in [-0.05, 0) is 60.3 Å². The first-order valence-corrected chi connectivity index (χ1v) is 10.6. The summed E-state index contributed by atoms with van der Waals surface area (Å²) in [5.41, 5.74) is 1.39. The molecule has 0 aliphatic carbocycles. The number of aromatic hydroxyl groups is 1. The average Bonchev–Trinajstić information content (AvgIpc) is 2.58. The first-order valence-electron chi connectivity index (χ1n) is 7.69. The minimum atomic E-state index is -4.78. The average molecular weight is 422 g/mol. The van der Waals surface area contributed by atoms with Gasteiger partial charge < -0.3 is 5.11 Å². The van der Waals surface area contributed by atoms with E-state index in [1.165, 1.54) is 30.3 Å². The molecule has 0 fully saturated rings. The lowest BCUT2D eigenvalue weighted by molar-refractivity contribution is 0.474. The van der Waals surface area contributed by atoms with Crippen molar-refractivity contribution in [2.45, 2.75) is 16.7 Å². The molecule has 11 heteroatoms. The molecule has 0 bridgehead atoms. The number of phenols is 1. The van der Waals surface area contributed by atoms with Gasteiger partial charge in [-0.15, -0.1) is 0 Å². The Balaban J connectivity index is 2.16. The van der Waals surface area contributed by atoms with Gasteiger partial charge in [-0.25, -0.2) is 0 Å². The summed E-state index contributed by atoms with van der Waals surface area (Å²) >= 11 is 0. The fourth-order valence-corrected chi connectivity index (χ4v) is 3.92. The van der Waals surface area contributed by atoms with Crippen LogP contribution in [0.5, 0.6) is 5.75 Å². The lowest BCUT2D eigenvalue weighted by Crippen LogP contribution is -2.04. The Morgan fingerprint density at radius 3 is 2.14 bits per heavy atom. The molecule has 0 saturated heterocycles. The molecule has 0 heterocycles. The van der Waals surface area contributed by atoms with Crippen LogP contribution in [-0.4, -0.2) is 31.0 Å². The maximum absolute atomic E-state index is 11.7. The molecule has 9 nitrogen and oxygen atoms in total. The van der Waals surface area contributed by atoms with Crippen molar-refractivity contribution in [1.82, 2.24) is 0 Å². The van der Waals surface area contributed by atoms with Gasteiger partial charge in [0, 0.05) is 5.39 Å². The van der Waals surface area contributed by atoms with Crippen LogP contribution in [0, 0.1) is 6.92 Å². The molecule has 0 radical (unpaired) electrons. The lowest BCUT2D eigenvalue weighted by Gasteiger charge is -2.07. The third kappa shape index (κ3) is 4.17. The second kappa shape index (κ2) is 6.95. The Morgan fingerprint density at radius 2 is 1.54 bits per heavy atom. The molecule has 3 rings (SSSR count). The standard InChI is InChI=1S/C17H14N2O7S2/c1-10-6-13(20)4-5-16(10)19-18-12-3-2-11-7-14(27(21,22)23)9-17(15(11)8-12)28(24,25)26/h2-9,20H,1H3,(H,21,22,23)(H,24,25,26). The second-order valence-electron chi connectivity index (χ2n) is 5.95. The maximum atomic E-state index is 11.7. The molecule has 0 spiro atoms. The van der Waals surface area contributed by atoms with E-state index < -0.39 is 30.0 Å². The molecule has 3 N–H and O–H groups in total. The minimum Gasteiger partial charge on any atom is -0.508 e. The van der Waals surface area contributed by atoms with Crippen LogP contribution in [0.3, 0.4) is 0 Å². The number of rotatable bonds is 4. The molecule has 0 amide bonds. The third-order valence-electron chi connectivity index (χ3n) is 3.90. The minimum absolute atomic E-state index is 0.00813. The number of azo groups is 1. The molecular weight excluding hydrogens is 408 g/mol. The van der Waals surface area contributed by atoms with Crippen LogP contribution in [0.25, 0.3) is 10.8 Å². The molecular formula is C17H14N2O7S2. The van der Waals surface area contributed by atoms with Crippen molar-refractivity contribution in [3.05, 3.63) is 54.1 Å². The molecule has 3 aromatic carbocycles. The lowest BCUT2D eigenvalue weighted by atomic mass is 10.1. The Labute approximate surface area is 160 Å². The SMILES string of the molecule is Cc1cc(O)ccc1N=Nc1ccc2cc(S(=O)(=O)O)cc(S(=O)(=O)O)c2c1. The van der Waals surface area contributed by atoms with Crippen LogP contribution in [0.15, 0.2) is 68.6 Å². The van der Waals surface area contributed by atoms with Gasteiger partial charge in [0.1, 0.15) is 10.6 Å². The Morgan fingerprint density at radius 1 is 0.821 bits per heavy atom. The zero-order valence-electron chi connectivity index (χ0n) is 14.3. The Bertz CT molecular complexity index is 1330. The zero-order chi connectivity index (χ0) is 20.7. The normalized spacial score (nSPS) is 12.7. The van der Waals surface area contributed by atoms with Crippen LogP contribution >= 0.6 is 0 Å². The van der Waals surface area contributed by atoms with Crippen molar-refractivity contribution in [2.75, 3.05) is 0 Å². The van der Waals surface area contributed by atoms with E-state index in [0.717, 1.165) is 6.07 Å². The molecule has 0 aliphatic heterocycles. The van der Waals surface area contributed by atoms with E-state index in [-0.39, 0.29) is 22.2 Å². The van der Waals surface area contributed by atoms with Crippen LogP contribution in [0.1, 0.15) is 5.56 Å². The summed E-state index contributed by atoms with van der Waals surface area (Å²) in [6.45, 7) is 1.72. The van der Waals surface area contributed by atoms with Crippen LogP contribution in [-0.2, 0) is 20.2 Å². The number of nitrogens with zero attached hydrogens (tertiary/aromatic N) is 2. The number of phenolic OH excluding ortho intramolecular Hbond substituents is 1. The van der Waals surface area contributed by atoms with Crippen molar-refractivity contribution in [2.24, 2.45) is 10.2 Å². The molecule has 0 aliphatic rings. The topological polar surface area (TPSA) is 154 Å². The van der Waals surface area contributed by atoms with Gasteiger partial charge >= 0.3 is 0 Å². The highest BCUT2D eigenvalue weighted by atomic mass is 32.2. The van der Waals surface area contributed by atoms with Crippen molar-refractivity contribution >= 4 is 42.4 Å². The van der Waals surface area contributed by atoms with Crippen molar-refractivity contribution in [3.63, 3.8) is 0 Å². The highest BCUT2D eigenvalue weighted by molar-refractivity contribution is 7.86. The second-order valence-corrected chi connectivity index (χ2v) is 8.76. The predicted molar refractivity (Wildman–Crippen MR) is 101 cm³/mol. The molecule has 0 atom stereocenters. The summed E-state index contributed by atoms with van der Waals surface area (Å²) in [7, 11) is -9.46. The summed E-state index contributed by atoms with van der Waals surface area (Å²) in [5, 5.41) is 17.6. The predicted octanol–water partition coefficient (Wildman–Crippen LogP) is 3.76. The fraction of sp³-hybridized carbons (Fsp3) is 0.0588. The van der Waals surface area contributed by atoms with Crippen LogP contribution in [0.4, 0.5) is 11.4 Å². The van der Waals surface area contributed by atoms with Crippen molar-refractivity contribution < 1.29 is 31.0 Å². The van der Waals surface area contributed by atoms with Crippen molar-refractivity contribution in [3.8, 4) is 5.75 Å². The summed E-state index contributed by atoms with van der Waals surface area (Å²) in [6.07, 6.45) is 0. The quantitative estimate of drug-likeness (QED) is 0.427. The zero-order valence-corrected chi connectivity index (χ0v) is 15.9. The van der Waals surface area contributed by atoms with Gasteiger partial charge in [0.05, 0.1) is 16.3 Å². The van der Waals surface area contributed by atoms with Gasteiger partial charge in [-0.1, -0.05) is 6.07 Å². The summed E-state index contributed by atoms with van der Waals surface area (Å²) < 4.78 is 64.8. The van der Waals surface area contributed by atoms with E-state index in [1.807, 2.05) is 0 Å². The summed E-state index contributed by atoms with van der Waals surface area (Å²) in [4.78, 5) is -1.35. The van der Waals surface area contributed by atoms with E-state index in [9.17, 15) is 31.0 Å². The van der Waals surface area contributed by atoms with Crippen LogP contribution < -0.4 is 0 Å². The number of fused-ring (bicyclic) bond motifs is 1. The Hall–Kier alpha value is -2.86. The largest absolute Gasteiger partial charge is 0.508 e. The highest BCUT2D eigenvalue weighted by Gasteiger charge is 2.20. The molecule has 0 aromatic heterocycles. The molecule has 146 valence electrons. The van der Waals surface area contributed by atoms with Crippen molar-refractivity contribution in [1.29, 1.82) is 0 Å². The highest BCUT2D eigenvalue weighted by Crippen LogP contribution is 2.31. The fourth-order valence-electron chi connectivity index (χ4n) is 2.57. The van der Waals surface area contributed by atoms with E-state index in [0.29, 0.717) is 17.3 Å². The number of hydrogen-bond acceptors (Lipinski definition) is 7. The molecule has 0 saturated carbocycles. The maximum Gasteiger partial charge on any atom is 0.295 e. The van der Waals surface area contributed by atoms with E-state index >= 15 is 0 Å². The van der Waals surface area contributed by atoms with Gasteiger partial charge in [0.25, 0.3) is 20.2 Å². The van der Waals surface area contributed by atoms with E-state index in [4.69, 9.17) is 0 Å². The smallest absolute Gasteiger partial charge is 0.295 e. The molecule has 3 aromatic rings. The summed E-state index contributed by atoms with van der Waals surface area (Å²) in [5.74, 6) is 0.0783. The number of hydrogen-bond donors (Lipinski definition) is 3. The van der Waals surface area contributed by atoms with E-state index in [1.54, 1.807) is 13.0 Å². The first kappa shape index (κ1) is 19.9. The van der Waals surface area contributed by atoms with Gasteiger partial charge in [-0.2, -0.15) is 27.1 Å². The Kier molecular flexibility index (Phi) is 4.93. The first-order chi connectivity index (χ1) is 12.9. The summed E-state index contributed by atoms with van der Waals surface area (Å²) in [6, 6.07) is 10.4. The number of aryl methyl sites for hydroxylation is 1.